The van der Waals surface area contributed by atoms with Gasteiger partial charge in [-0.1, -0.05) is 0 Å². The lowest BCUT2D eigenvalue weighted by molar-refractivity contribution is 0.0941. The van der Waals surface area contributed by atoms with Gasteiger partial charge in [-0.05, 0) is 31.3 Å². The molecule has 0 radical (unpaired) electrons. The number of thiocarbonyl (C=S) groups is 1. The Hall–Kier alpha value is -2.26. The maximum atomic E-state index is 12.3. The molecule has 1 aromatic carbocycles. The smallest absolute Gasteiger partial charge is 0.269 e. The van der Waals surface area contributed by atoms with Gasteiger partial charge >= 0.3 is 0 Å². The minimum absolute atomic E-state index is 0.0151. The molecule has 0 fully saturated rings. The van der Waals surface area contributed by atoms with Crippen LogP contribution in [0.3, 0.4) is 0 Å². The number of amides is 1. The van der Waals surface area contributed by atoms with Crippen molar-refractivity contribution in [3.63, 3.8) is 0 Å². The molecular formula is C15H21N3O5S. The molecule has 0 bridgehead atoms. The normalized spacial score (nSPS) is 13.6. The zero-order valence-electron chi connectivity index (χ0n) is 13.8. The Morgan fingerprint density at radius 1 is 1.29 bits per heavy atom. The van der Waals surface area contributed by atoms with Crippen molar-refractivity contribution in [3.8, 4) is 17.2 Å². The maximum Gasteiger partial charge on any atom is 0.269 e. The number of hydrazine groups is 1. The third-order valence-corrected chi connectivity index (χ3v) is 3.39. The summed E-state index contributed by atoms with van der Waals surface area (Å²) in [5.41, 5.74) is 5.52. The van der Waals surface area contributed by atoms with Crippen LogP contribution in [0.2, 0.25) is 0 Å². The zero-order valence-corrected chi connectivity index (χ0v) is 14.6. The minimum atomic E-state index is -0.381. The molecule has 1 aliphatic rings. The van der Waals surface area contributed by atoms with E-state index in [1.54, 1.807) is 19.2 Å². The number of hydrogen-bond acceptors (Lipinski definition) is 6. The number of nitrogens with one attached hydrogen (secondary N) is 3. The molecule has 132 valence electrons. The van der Waals surface area contributed by atoms with Gasteiger partial charge in [0.05, 0.1) is 13.7 Å². The standard InChI is InChI=1S/C15H21N3O5S/c1-9(8-20-2)16-15(24)18-17-14(19)10-6-11(21-3)13-12(7-10)22-4-5-23-13/h6-7,9H,4-5,8H2,1-3H3,(H,17,19)(H2,16,18,24)/t9-/m0/s1. The van der Waals surface area contributed by atoms with Crippen LogP contribution in [0.1, 0.15) is 17.3 Å². The summed E-state index contributed by atoms with van der Waals surface area (Å²) in [6, 6.07) is 3.19. The van der Waals surface area contributed by atoms with Crippen LogP contribution in [-0.2, 0) is 4.74 Å². The number of benzene rings is 1. The Bertz CT molecular complexity index is 594. The molecule has 0 unspecified atom stereocenters. The molecular weight excluding hydrogens is 334 g/mol. The Kier molecular flexibility index (Phi) is 6.44. The van der Waals surface area contributed by atoms with Gasteiger partial charge in [0.2, 0.25) is 5.75 Å². The highest BCUT2D eigenvalue weighted by Crippen LogP contribution is 2.40. The molecule has 0 saturated carbocycles. The summed E-state index contributed by atoms with van der Waals surface area (Å²) in [7, 11) is 3.11. The van der Waals surface area contributed by atoms with Crippen LogP contribution in [0.4, 0.5) is 0 Å². The lowest BCUT2D eigenvalue weighted by Crippen LogP contribution is -2.49. The second kappa shape index (κ2) is 8.55. The molecule has 1 heterocycles. The quantitative estimate of drug-likeness (QED) is 0.523. The third-order valence-electron chi connectivity index (χ3n) is 3.17. The molecule has 0 spiro atoms. The Labute approximate surface area is 145 Å². The number of rotatable bonds is 5. The highest BCUT2D eigenvalue weighted by Gasteiger charge is 2.21. The number of methoxy groups -OCH3 is 2. The first-order valence-electron chi connectivity index (χ1n) is 7.38. The fourth-order valence-electron chi connectivity index (χ4n) is 2.14. The summed E-state index contributed by atoms with van der Waals surface area (Å²) in [5, 5.41) is 3.26. The molecule has 1 aliphatic heterocycles. The summed E-state index contributed by atoms with van der Waals surface area (Å²) in [6.07, 6.45) is 0. The van der Waals surface area contributed by atoms with E-state index in [2.05, 4.69) is 16.2 Å². The van der Waals surface area contributed by atoms with Gasteiger partial charge in [0, 0.05) is 18.7 Å². The Morgan fingerprint density at radius 2 is 2.04 bits per heavy atom. The van der Waals surface area contributed by atoms with Gasteiger partial charge in [0.1, 0.15) is 13.2 Å². The van der Waals surface area contributed by atoms with Gasteiger partial charge in [-0.3, -0.25) is 15.6 Å². The molecule has 1 aromatic rings. The lowest BCUT2D eigenvalue weighted by atomic mass is 10.1. The first kappa shape index (κ1) is 18.1. The number of fused-ring (bicyclic) bond motifs is 1. The molecule has 0 aromatic heterocycles. The van der Waals surface area contributed by atoms with Crippen molar-refractivity contribution in [1.29, 1.82) is 0 Å². The van der Waals surface area contributed by atoms with E-state index in [1.165, 1.54) is 7.11 Å². The molecule has 9 heteroatoms. The van der Waals surface area contributed by atoms with Gasteiger partial charge in [-0.25, -0.2) is 0 Å². The van der Waals surface area contributed by atoms with Crippen LogP contribution in [0.25, 0.3) is 0 Å². The van der Waals surface area contributed by atoms with E-state index in [9.17, 15) is 4.79 Å². The number of carbonyl (C=O) groups excluding carboxylic acids is 1. The highest BCUT2D eigenvalue weighted by molar-refractivity contribution is 7.80. The molecule has 0 saturated heterocycles. The van der Waals surface area contributed by atoms with Crippen LogP contribution in [0, 0.1) is 0 Å². The van der Waals surface area contributed by atoms with Gasteiger partial charge in [-0.2, -0.15) is 0 Å². The summed E-state index contributed by atoms with van der Waals surface area (Å²) < 4.78 is 21.3. The molecule has 24 heavy (non-hydrogen) atoms. The first-order chi connectivity index (χ1) is 11.5. The average Bonchev–Trinajstić information content (AvgIpc) is 2.58. The van der Waals surface area contributed by atoms with Crippen LogP contribution in [-0.4, -0.2) is 51.1 Å². The van der Waals surface area contributed by atoms with E-state index in [4.69, 9.17) is 31.2 Å². The average molecular weight is 355 g/mol. The number of ether oxygens (including phenoxy) is 4. The summed E-state index contributed by atoms with van der Waals surface area (Å²) in [6.45, 7) is 3.26. The van der Waals surface area contributed by atoms with Crippen molar-refractivity contribution in [3.05, 3.63) is 17.7 Å². The topological polar surface area (TPSA) is 90.1 Å². The van der Waals surface area contributed by atoms with Crippen molar-refractivity contribution in [1.82, 2.24) is 16.2 Å². The number of carbonyl (C=O) groups is 1. The largest absolute Gasteiger partial charge is 0.493 e. The Balaban J connectivity index is 1.98. The second-order valence-electron chi connectivity index (χ2n) is 5.11. The SMILES string of the molecule is COC[C@H](C)NC(=S)NNC(=O)c1cc(OC)c2c(c1)OCCO2. The van der Waals surface area contributed by atoms with Gasteiger partial charge in [0.25, 0.3) is 5.91 Å². The van der Waals surface area contributed by atoms with E-state index in [0.717, 1.165) is 0 Å². The van der Waals surface area contributed by atoms with Crippen LogP contribution >= 0.6 is 12.2 Å². The molecule has 2 rings (SSSR count). The van der Waals surface area contributed by atoms with E-state index in [-0.39, 0.29) is 17.1 Å². The molecule has 3 N–H and O–H groups in total. The Morgan fingerprint density at radius 3 is 2.75 bits per heavy atom. The third kappa shape index (κ3) is 4.62. The highest BCUT2D eigenvalue weighted by atomic mass is 32.1. The zero-order chi connectivity index (χ0) is 17.5. The number of hydrogen-bond donors (Lipinski definition) is 3. The van der Waals surface area contributed by atoms with Gasteiger partial charge < -0.3 is 24.3 Å². The van der Waals surface area contributed by atoms with Crippen LogP contribution in [0.5, 0.6) is 17.2 Å². The van der Waals surface area contributed by atoms with Crippen molar-refractivity contribution in [2.45, 2.75) is 13.0 Å². The molecule has 1 atom stereocenters. The van der Waals surface area contributed by atoms with Gasteiger partial charge in [0.15, 0.2) is 16.6 Å². The fraction of sp³-hybridized carbons (Fsp3) is 0.467. The van der Waals surface area contributed by atoms with Crippen LogP contribution in [0.15, 0.2) is 12.1 Å². The lowest BCUT2D eigenvalue weighted by Gasteiger charge is -2.21. The van der Waals surface area contributed by atoms with Crippen molar-refractivity contribution in [2.75, 3.05) is 34.0 Å². The monoisotopic (exact) mass is 355 g/mol. The predicted octanol–water partition coefficient (Wildman–Crippen LogP) is 0.610. The summed E-state index contributed by atoms with van der Waals surface area (Å²) in [4.78, 5) is 12.3. The molecule has 1 amide bonds. The minimum Gasteiger partial charge on any atom is -0.493 e. The van der Waals surface area contributed by atoms with Crippen molar-refractivity contribution >= 4 is 23.2 Å². The van der Waals surface area contributed by atoms with Crippen LogP contribution < -0.4 is 30.4 Å². The summed E-state index contributed by atoms with van der Waals surface area (Å²) in [5.74, 6) is 1.03. The molecule has 0 aliphatic carbocycles. The summed E-state index contributed by atoms with van der Waals surface area (Å²) >= 11 is 5.10. The van der Waals surface area contributed by atoms with E-state index in [0.29, 0.717) is 42.6 Å². The second-order valence-corrected chi connectivity index (χ2v) is 5.52. The molecule has 8 nitrogen and oxygen atoms in total. The van der Waals surface area contributed by atoms with Crippen molar-refractivity contribution < 1.29 is 23.7 Å². The van der Waals surface area contributed by atoms with E-state index >= 15 is 0 Å². The maximum absolute atomic E-state index is 12.3. The predicted molar refractivity (Wildman–Crippen MR) is 91.7 cm³/mol. The van der Waals surface area contributed by atoms with Gasteiger partial charge in [-0.15, -0.1) is 0 Å². The van der Waals surface area contributed by atoms with Crippen molar-refractivity contribution in [2.24, 2.45) is 0 Å². The first-order valence-corrected chi connectivity index (χ1v) is 7.79. The van der Waals surface area contributed by atoms with E-state index in [1.807, 2.05) is 6.92 Å². The fourth-order valence-corrected chi connectivity index (χ4v) is 2.39. The van der Waals surface area contributed by atoms with E-state index < -0.39 is 0 Å².